The predicted octanol–water partition coefficient (Wildman–Crippen LogP) is 4.97. The molecular formula is C28H43NO10. The third-order valence-corrected chi connectivity index (χ3v) is 5.92. The monoisotopic (exact) mass is 553 g/mol. The van der Waals surface area contributed by atoms with Crippen molar-refractivity contribution in [3.63, 3.8) is 0 Å². The maximum absolute atomic E-state index is 12.4. The number of ether oxygens (including phenoxy) is 6. The van der Waals surface area contributed by atoms with Crippen molar-refractivity contribution in [3.05, 3.63) is 23.8 Å². The van der Waals surface area contributed by atoms with E-state index in [2.05, 4.69) is 5.32 Å². The fraction of sp³-hybridized carbons (Fsp3) is 0.643. The number of carbonyl (C=O) groups is 4. The maximum atomic E-state index is 12.4. The van der Waals surface area contributed by atoms with Crippen molar-refractivity contribution >= 4 is 24.2 Å². The minimum atomic E-state index is -0.954. The number of esters is 2. The van der Waals surface area contributed by atoms with E-state index in [4.69, 9.17) is 28.4 Å². The first-order chi connectivity index (χ1) is 18.6. The summed E-state index contributed by atoms with van der Waals surface area (Å²) in [6.45, 7) is 10.1. The molecule has 1 aromatic carbocycles. The quantitative estimate of drug-likeness (QED) is 0.121. The number of unbranched alkanes of at least 4 members (excludes halogenated alkanes) is 2. The van der Waals surface area contributed by atoms with Crippen LogP contribution in [-0.2, 0) is 35.0 Å². The van der Waals surface area contributed by atoms with Crippen LogP contribution in [0.5, 0.6) is 11.5 Å². The van der Waals surface area contributed by atoms with Crippen LogP contribution < -0.4 is 14.8 Å². The first kappa shape index (κ1) is 33.7. The highest BCUT2D eigenvalue weighted by molar-refractivity contribution is 5.77. The zero-order valence-corrected chi connectivity index (χ0v) is 24.0. The van der Waals surface area contributed by atoms with Crippen molar-refractivity contribution in [1.82, 2.24) is 5.32 Å². The second-order valence-corrected chi connectivity index (χ2v) is 9.50. The van der Waals surface area contributed by atoms with Gasteiger partial charge in [-0.1, -0.05) is 39.7 Å². The largest absolute Gasteiger partial charge is 0.513 e. The first-order valence-electron chi connectivity index (χ1n) is 13.4. The molecule has 0 bridgehead atoms. The number of methoxy groups -OCH3 is 1. The molecule has 0 radical (unpaired) electrons. The molecule has 0 spiro atoms. The Morgan fingerprint density at radius 1 is 0.846 bits per heavy atom. The Labute approximate surface area is 230 Å². The van der Waals surface area contributed by atoms with Gasteiger partial charge in [0.1, 0.15) is 12.6 Å². The Balaban J connectivity index is 2.98. The van der Waals surface area contributed by atoms with Gasteiger partial charge in [0.05, 0.1) is 25.7 Å². The van der Waals surface area contributed by atoms with Crippen LogP contribution in [0.15, 0.2) is 18.2 Å². The van der Waals surface area contributed by atoms with E-state index in [1.807, 2.05) is 20.8 Å². The lowest BCUT2D eigenvalue weighted by atomic mass is 9.91. The van der Waals surface area contributed by atoms with Crippen LogP contribution in [-0.4, -0.2) is 63.8 Å². The van der Waals surface area contributed by atoms with Gasteiger partial charge in [0.25, 0.3) is 0 Å². The zero-order valence-electron chi connectivity index (χ0n) is 24.0. The third kappa shape index (κ3) is 12.8. The van der Waals surface area contributed by atoms with Crippen LogP contribution in [0.25, 0.3) is 0 Å². The van der Waals surface area contributed by atoms with Crippen molar-refractivity contribution in [3.8, 4) is 11.5 Å². The van der Waals surface area contributed by atoms with Gasteiger partial charge < -0.3 is 33.7 Å². The summed E-state index contributed by atoms with van der Waals surface area (Å²) in [5, 5.41) is 3.02. The molecule has 0 aliphatic carbocycles. The van der Waals surface area contributed by atoms with Crippen LogP contribution in [0.2, 0.25) is 0 Å². The third-order valence-electron chi connectivity index (χ3n) is 5.92. The number of benzene rings is 1. The summed E-state index contributed by atoms with van der Waals surface area (Å²) in [5.74, 6) is -0.962. The molecule has 1 rings (SSSR count). The smallest absolute Gasteiger partial charge is 0.468 e. The fourth-order valence-corrected chi connectivity index (χ4v) is 3.02. The molecular weight excluding hydrogens is 510 g/mol. The van der Waals surface area contributed by atoms with E-state index in [9.17, 15) is 19.2 Å². The highest BCUT2D eigenvalue weighted by Crippen LogP contribution is 2.30. The van der Waals surface area contributed by atoms with Gasteiger partial charge >= 0.3 is 24.2 Å². The summed E-state index contributed by atoms with van der Waals surface area (Å²) in [6, 6.07) is 3.74. The van der Waals surface area contributed by atoms with E-state index in [0.29, 0.717) is 24.8 Å². The summed E-state index contributed by atoms with van der Waals surface area (Å²) < 4.78 is 30.9. The summed E-state index contributed by atoms with van der Waals surface area (Å²) in [4.78, 5) is 48.9. The van der Waals surface area contributed by atoms with Crippen molar-refractivity contribution in [1.29, 1.82) is 0 Å². The van der Waals surface area contributed by atoms with Gasteiger partial charge in [-0.15, -0.1) is 0 Å². The number of rotatable bonds is 17. The highest BCUT2D eigenvalue weighted by atomic mass is 16.7. The molecule has 0 aliphatic heterocycles. The Kier molecular flexibility index (Phi) is 15.6. The first-order valence-corrected chi connectivity index (χ1v) is 13.4. The van der Waals surface area contributed by atoms with E-state index in [1.165, 1.54) is 19.2 Å². The van der Waals surface area contributed by atoms with Crippen molar-refractivity contribution < 1.29 is 47.6 Å². The summed E-state index contributed by atoms with van der Waals surface area (Å²) in [7, 11) is 1.27. The topological polar surface area (TPSA) is 136 Å². The molecule has 0 unspecified atom stereocenters. The van der Waals surface area contributed by atoms with Crippen molar-refractivity contribution in [2.24, 2.45) is 5.41 Å². The number of hydrogen-bond acceptors (Lipinski definition) is 11. The summed E-state index contributed by atoms with van der Waals surface area (Å²) >= 11 is 0. The fourth-order valence-electron chi connectivity index (χ4n) is 3.02. The van der Waals surface area contributed by atoms with Crippen LogP contribution in [0.3, 0.4) is 0 Å². The molecule has 1 aromatic rings. The Morgan fingerprint density at radius 2 is 1.44 bits per heavy atom. The van der Waals surface area contributed by atoms with E-state index in [0.717, 1.165) is 12.8 Å². The second-order valence-electron chi connectivity index (χ2n) is 9.50. The standard InChI is InChI=1S/C28H43NO10/c1-7-10-15-36-26(32)38-22-13-12-20(19-23(22)39-27(33)37-16-11-8-2)18-21(24(30)34-6)29-14-17-35-25(31)28(4,5)9-3/h12-13,19,21,29H,7-11,14-18H2,1-6H3/t21-/m0/s1. The number of hydrogen-bond donors (Lipinski definition) is 1. The molecule has 0 heterocycles. The van der Waals surface area contributed by atoms with Gasteiger partial charge in [0.15, 0.2) is 11.5 Å². The molecule has 0 fully saturated rings. The van der Waals surface area contributed by atoms with Crippen LogP contribution in [0, 0.1) is 5.41 Å². The number of nitrogens with one attached hydrogen (secondary N) is 1. The molecule has 39 heavy (non-hydrogen) atoms. The van der Waals surface area contributed by atoms with E-state index in [-0.39, 0.29) is 50.3 Å². The molecule has 1 atom stereocenters. The summed E-state index contributed by atoms with van der Waals surface area (Å²) in [5.41, 5.74) is -0.0210. The molecule has 0 saturated carbocycles. The van der Waals surface area contributed by atoms with Gasteiger partial charge in [0.2, 0.25) is 0 Å². The molecule has 0 amide bonds. The Hall–Kier alpha value is -3.34. The second kappa shape index (κ2) is 18.0. The number of carbonyl (C=O) groups excluding carboxylic acids is 4. The van der Waals surface area contributed by atoms with Crippen LogP contribution in [0.4, 0.5) is 9.59 Å². The Bertz CT molecular complexity index is 931. The SMILES string of the molecule is CCCCOC(=O)Oc1ccc(C[C@H](NCCOC(=O)C(C)(C)CC)C(=O)OC)cc1OC(=O)OCCCC. The van der Waals surface area contributed by atoms with Gasteiger partial charge in [-0.3, -0.25) is 9.59 Å². The molecule has 11 nitrogen and oxygen atoms in total. The Morgan fingerprint density at radius 3 is 1.97 bits per heavy atom. The van der Waals surface area contributed by atoms with Crippen LogP contribution >= 0.6 is 0 Å². The molecule has 0 aromatic heterocycles. The van der Waals surface area contributed by atoms with Crippen LogP contribution in [0.1, 0.15) is 72.3 Å². The van der Waals surface area contributed by atoms with Gasteiger partial charge in [-0.25, -0.2) is 9.59 Å². The van der Waals surface area contributed by atoms with E-state index in [1.54, 1.807) is 19.9 Å². The minimum absolute atomic E-state index is 0.0410. The molecule has 0 saturated heterocycles. The van der Waals surface area contributed by atoms with Gasteiger partial charge in [-0.2, -0.15) is 0 Å². The minimum Gasteiger partial charge on any atom is -0.468 e. The lowest BCUT2D eigenvalue weighted by molar-refractivity contribution is -0.154. The van der Waals surface area contributed by atoms with Gasteiger partial charge in [-0.05, 0) is 57.2 Å². The maximum Gasteiger partial charge on any atom is 0.513 e. The molecule has 11 heteroatoms. The van der Waals surface area contributed by atoms with E-state index >= 15 is 0 Å². The average Bonchev–Trinajstić information content (AvgIpc) is 2.91. The highest BCUT2D eigenvalue weighted by Gasteiger charge is 2.27. The normalized spacial score (nSPS) is 11.7. The predicted molar refractivity (Wildman–Crippen MR) is 143 cm³/mol. The lowest BCUT2D eigenvalue weighted by Gasteiger charge is -2.21. The van der Waals surface area contributed by atoms with Gasteiger partial charge in [0, 0.05) is 6.54 Å². The van der Waals surface area contributed by atoms with Crippen molar-refractivity contribution in [2.45, 2.75) is 79.2 Å². The molecule has 0 aliphatic rings. The zero-order chi connectivity index (χ0) is 29.3. The molecule has 1 N–H and O–H groups in total. The van der Waals surface area contributed by atoms with E-state index < -0.39 is 29.7 Å². The van der Waals surface area contributed by atoms with Crippen molar-refractivity contribution in [2.75, 3.05) is 33.5 Å². The molecule has 220 valence electrons. The lowest BCUT2D eigenvalue weighted by Crippen LogP contribution is -2.41. The average molecular weight is 554 g/mol. The summed E-state index contributed by atoms with van der Waals surface area (Å²) in [6.07, 6.45) is 1.91.